The van der Waals surface area contributed by atoms with E-state index in [1.807, 2.05) is 26.8 Å². The maximum atomic E-state index is 13.0. The van der Waals surface area contributed by atoms with E-state index in [1.54, 1.807) is 39.0 Å². The number of carbonyl (C=O) groups excluding carboxylic acids is 1. The van der Waals surface area contributed by atoms with Crippen LogP contribution < -0.4 is 5.73 Å². The van der Waals surface area contributed by atoms with Crippen LogP contribution in [-0.2, 0) is 21.4 Å². The van der Waals surface area contributed by atoms with E-state index in [2.05, 4.69) is 0 Å². The van der Waals surface area contributed by atoms with Crippen LogP contribution in [0.15, 0.2) is 24.3 Å². The Labute approximate surface area is 147 Å². The summed E-state index contributed by atoms with van der Waals surface area (Å²) in [6.07, 6.45) is -6.26. The van der Waals surface area contributed by atoms with Gasteiger partial charge in [0.15, 0.2) is 0 Å². The summed E-state index contributed by atoms with van der Waals surface area (Å²) in [4.78, 5) is 12.4. The Morgan fingerprint density at radius 2 is 1.64 bits per heavy atom. The second kappa shape index (κ2) is 6.98. The largest absolute Gasteiger partial charge is 0.459 e. The molecule has 6 heteroatoms. The average molecular weight is 359 g/mol. The zero-order valence-electron chi connectivity index (χ0n) is 15.8. The van der Waals surface area contributed by atoms with Crippen molar-refractivity contribution in [1.82, 2.24) is 0 Å². The summed E-state index contributed by atoms with van der Waals surface area (Å²) >= 11 is 0. The summed E-state index contributed by atoms with van der Waals surface area (Å²) in [5.41, 5.74) is 4.22. The van der Waals surface area contributed by atoms with Crippen LogP contribution in [0.4, 0.5) is 13.2 Å². The van der Waals surface area contributed by atoms with Crippen LogP contribution in [0.1, 0.15) is 59.1 Å². The number of halogens is 3. The van der Waals surface area contributed by atoms with Crippen LogP contribution in [0.2, 0.25) is 0 Å². The highest BCUT2D eigenvalue weighted by Crippen LogP contribution is 2.31. The molecule has 0 saturated heterocycles. The van der Waals surface area contributed by atoms with Crippen LogP contribution in [0.25, 0.3) is 0 Å². The molecule has 25 heavy (non-hydrogen) atoms. The quantitative estimate of drug-likeness (QED) is 0.804. The van der Waals surface area contributed by atoms with Gasteiger partial charge in [0.1, 0.15) is 11.1 Å². The zero-order chi connectivity index (χ0) is 19.7. The fourth-order valence-electron chi connectivity index (χ4n) is 2.46. The Hall–Kier alpha value is -1.56. The Kier molecular flexibility index (Phi) is 6.00. The van der Waals surface area contributed by atoms with Gasteiger partial charge in [-0.1, -0.05) is 45.0 Å². The van der Waals surface area contributed by atoms with Gasteiger partial charge in [-0.05, 0) is 37.3 Å². The van der Waals surface area contributed by atoms with Gasteiger partial charge in [0.25, 0.3) is 0 Å². The third-order valence-electron chi connectivity index (χ3n) is 3.63. The van der Waals surface area contributed by atoms with Crippen molar-refractivity contribution in [2.24, 2.45) is 5.73 Å². The standard InChI is InChI=1S/C19H28F3NO2/c1-16(2,3)14-9-7-8-13(10-14)11-18(23,12-19(20,21)22)15(24)25-17(4,5)6/h7-10H,11-12,23H2,1-6H3/t18-/m0/s1. The van der Waals surface area contributed by atoms with Crippen molar-refractivity contribution in [1.29, 1.82) is 0 Å². The molecule has 1 rings (SSSR count). The van der Waals surface area contributed by atoms with Crippen molar-refractivity contribution in [3.8, 4) is 0 Å². The van der Waals surface area contributed by atoms with Crippen LogP contribution in [0.3, 0.4) is 0 Å². The van der Waals surface area contributed by atoms with Crippen molar-refractivity contribution in [3.05, 3.63) is 35.4 Å². The van der Waals surface area contributed by atoms with Gasteiger partial charge in [-0.2, -0.15) is 13.2 Å². The van der Waals surface area contributed by atoms with Gasteiger partial charge in [-0.25, -0.2) is 0 Å². The van der Waals surface area contributed by atoms with Gasteiger partial charge >= 0.3 is 12.1 Å². The molecule has 0 heterocycles. The van der Waals surface area contributed by atoms with E-state index in [0.717, 1.165) is 5.56 Å². The summed E-state index contributed by atoms with van der Waals surface area (Å²) < 4.78 is 44.2. The number of hydrogen-bond acceptors (Lipinski definition) is 3. The highest BCUT2D eigenvalue weighted by molar-refractivity contribution is 5.81. The molecule has 0 aliphatic heterocycles. The number of benzene rings is 1. The lowest BCUT2D eigenvalue weighted by Crippen LogP contribution is -2.55. The average Bonchev–Trinajstić information content (AvgIpc) is 2.33. The van der Waals surface area contributed by atoms with Crippen molar-refractivity contribution >= 4 is 5.97 Å². The zero-order valence-corrected chi connectivity index (χ0v) is 15.8. The molecule has 0 saturated carbocycles. The maximum Gasteiger partial charge on any atom is 0.391 e. The third-order valence-corrected chi connectivity index (χ3v) is 3.63. The van der Waals surface area contributed by atoms with Gasteiger partial charge in [-0.15, -0.1) is 0 Å². The summed E-state index contributed by atoms with van der Waals surface area (Å²) in [5.74, 6) is -1.04. The van der Waals surface area contributed by atoms with E-state index in [1.165, 1.54) is 0 Å². The number of nitrogens with two attached hydrogens (primary N) is 1. The molecule has 0 amide bonds. The number of esters is 1. The van der Waals surface area contributed by atoms with Crippen LogP contribution in [0, 0.1) is 0 Å². The third kappa shape index (κ3) is 7.06. The molecular formula is C19H28F3NO2. The second-order valence-electron chi connectivity index (χ2n) is 8.58. The van der Waals surface area contributed by atoms with E-state index < -0.39 is 29.7 Å². The van der Waals surface area contributed by atoms with Crippen LogP contribution >= 0.6 is 0 Å². The van der Waals surface area contributed by atoms with E-state index in [4.69, 9.17) is 10.5 Å². The number of ether oxygens (including phenoxy) is 1. The summed E-state index contributed by atoms with van der Waals surface area (Å²) in [5, 5.41) is 0. The minimum atomic E-state index is -4.58. The minimum Gasteiger partial charge on any atom is -0.459 e. The SMILES string of the molecule is CC(C)(C)OC(=O)[C@](N)(Cc1cccc(C(C)(C)C)c1)CC(F)(F)F. The van der Waals surface area contributed by atoms with Crippen LogP contribution in [-0.4, -0.2) is 23.3 Å². The molecule has 3 nitrogen and oxygen atoms in total. The number of rotatable bonds is 4. The lowest BCUT2D eigenvalue weighted by atomic mass is 9.83. The normalized spacial score (nSPS) is 15.6. The number of carbonyl (C=O) groups is 1. The van der Waals surface area contributed by atoms with E-state index in [9.17, 15) is 18.0 Å². The number of hydrogen-bond donors (Lipinski definition) is 1. The highest BCUT2D eigenvalue weighted by atomic mass is 19.4. The second-order valence-corrected chi connectivity index (χ2v) is 8.58. The fraction of sp³-hybridized carbons (Fsp3) is 0.632. The van der Waals surface area contributed by atoms with Gasteiger partial charge in [0.05, 0.1) is 6.42 Å². The molecule has 142 valence electrons. The topological polar surface area (TPSA) is 52.3 Å². The Morgan fingerprint density at radius 1 is 1.08 bits per heavy atom. The first-order valence-corrected chi connectivity index (χ1v) is 8.20. The van der Waals surface area contributed by atoms with Gasteiger partial charge < -0.3 is 10.5 Å². The van der Waals surface area contributed by atoms with Gasteiger partial charge in [-0.3, -0.25) is 4.79 Å². The molecule has 1 atom stereocenters. The molecule has 0 bridgehead atoms. The molecule has 1 aromatic rings. The predicted octanol–water partition coefficient (Wildman–Crippen LogP) is 4.52. The number of alkyl halides is 3. The van der Waals surface area contributed by atoms with Crippen LogP contribution in [0.5, 0.6) is 0 Å². The highest BCUT2D eigenvalue weighted by Gasteiger charge is 2.47. The fourth-order valence-corrected chi connectivity index (χ4v) is 2.46. The summed E-state index contributed by atoms with van der Waals surface area (Å²) in [6.45, 7) is 10.8. The van der Waals surface area contributed by atoms with E-state index >= 15 is 0 Å². The first kappa shape index (κ1) is 21.5. The van der Waals surface area contributed by atoms with Gasteiger partial charge in [0.2, 0.25) is 0 Å². The summed E-state index contributed by atoms with van der Waals surface area (Å²) in [6, 6.07) is 7.14. The minimum absolute atomic E-state index is 0.163. The summed E-state index contributed by atoms with van der Waals surface area (Å²) in [7, 11) is 0. The van der Waals surface area contributed by atoms with E-state index in [0.29, 0.717) is 5.56 Å². The molecule has 2 N–H and O–H groups in total. The molecule has 0 unspecified atom stereocenters. The van der Waals surface area contributed by atoms with Crippen molar-refractivity contribution in [2.45, 2.75) is 77.1 Å². The Morgan fingerprint density at radius 3 is 2.08 bits per heavy atom. The lowest BCUT2D eigenvalue weighted by Gasteiger charge is -2.32. The molecule has 0 aliphatic carbocycles. The molecule has 0 aliphatic rings. The first-order chi connectivity index (χ1) is 11.0. The molecule has 0 radical (unpaired) electrons. The van der Waals surface area contributed by atoms with Crippen molar-refractivity contribution in [2.75, 3.05) is 0 Å². The molecule has 0 aromatic heterocycles. The first-order valence-electron chi connectivity index (χ1n) is 8.20. The molecule has 0 spiro atoms. The molecular weight excluding hydrogens is 331 g/mol. The van der Waals surface area contributed by atoms with Crippen molar-refractivity contribution in [3.63, 3.8) is 0 Å². The maximum absolute atomic E-state index is 13.0. The monoisotopic (exact) mass is 359 g/mol. The van der Waals surface area contributed by atoms with E-state index in [-0.39, 0.29) is 11.8 Å². The molecule has 1 aromatic carbocycles. The molecule has 0 fully saturated rings. The Balaban J connectivity index is 3.19. The Bertz CT molecular complexity index is 612. The smallest absolute Gasteiger partial charge is 0.391 e. The van der Waals surface area contributed by atoms with Gasteiger partial charge in [0, 0.05) is 6.42 Å². The van der Waals surface area contributed by atoms with Crippen molar-refractivity contribution < 1.29 is 22.7 Å². The lowest BCUT2D eigenvalue weighted by molar-refractivity contribution is -0.179. The predicted molar refractivity (Wildman–Crippen MR) is 92.3 cm³/mol.